The van der Waals surface area contributed by atoms with Gasteiger partial charge in [-0.1, -0.05) is 28.1 Å². The van der Waals surface area contributed by atoms with Crippen LogP contribution in [0.25, 0.3) is 0 Å². The highest BCUT2D eigenvalue weighted by Crippen LogP contribution is 2.33. The topological polar surface area (TPSA) is 3.24 Å². The molecular weight excluding hydrogens is 270 g/mol. The number of benzene rings is 1. The number of rotatable bonds is 1. The highest BCUT2D eigenvalue weighted by molar-refractivity contribution is 9.10. The van der Waals surface area contributed by atoms with Gasteiger partial charge in [0.2, 0.25) is 0 Å². The highest BCUT2D eigenvalue weighted by atomic mass is 79.9. The predicted octanol–water partition coefficient (Wildman–Crippen LogP) is 4.25. The summed E-state index contributed by atoms with van der Waals surface area (Å²) in [6, 6.07) is 8.95. The Bertz CT molecular complexity index is 360. The monoisotopic (exact) mass is 283 g/mol. The first-order chi connectivity index (χ1) is 7.16. The molecule has 0 bridgehead atoms. The molecule has 0 radical (unpaired) electrons. The van der Waals surface area contributed by atoms with Crippen LogP contribution in [-0.4, -0.2) is 11.3 Å². The summed E-state index contributed by atoms with van der Waals surface area (Å²) in [5.74, 6) is 0. The van der Waals surface area contributed by atoms with Crippen molar-refractivity contribution >= 4 is 33.6 Å². The molecule has 80 valence electrons. The van der Waals surface area contributed by atoms with Crippen molar-refractivity contribution < 1.29 is 0 Å². The molecule has 15 heavy (non-hydrogen) atoms. The molecule has 0 saturated heterocycles. The van der Waals surface area contributed by atoms with Crippen LogP contribution in [0.2, 0.25) is 0 Å². The second kappa shape index (κ2) is 4.62. The molecule has 0 unspecified atom stereocenters. The smallest absolute Gasteiger partial charge is 0.0558 e. The van der Waals surface area contributed by atoms with E-state index in [0.717, 1.165) is 4.47 Å². The minimum absolute atomic E-state index is 0.465. The molecule has 1 aliphatic rings. The summed E-state index contributed by atoms with van der Waals surface area (Å²) in [4.78, 5) is 0. The zero-order chi connectivity index (χ0) is 10.8. The first-order valence-corrected chi connectivity index (χ1v) is 6.69. The Morgan fingerprint density at radius 1 is 1.13 bits per heavy atom. The molecule has 1 aliphatic heterocycles. The van der Waals surface area contributed by atoms with Crippen LogP contribution in [0.1, 0.15) is 13.8 Å². The lowest BCUT2D eigenvalue weighted by molar-refractivity contribution is 0.897. The maximum absolute atomic E-state index is 3.46. The molecular formula is C12H14BrNS. The molecule has 1 aromatic carbocycles. The van der Waals surface area contributed by atoms with Gasteiger partial charge < -0.3 is 4.31 Å². The Morgan fingerprint density at radius 3 is 2.47 bits per heavy atom. The fourth-order valence-electron chi connectivity index (χ4n) is 1.59. The van der Waals surface area contributed by atoms with Gasteiger partial charge in [-0.05, 0) is 50.1 Å². The molecule has 2 atom stereocenters. The Balaban J connectivity index is 2.23. The fraction of sp³-hybridized carbons (Fsp3) is 0.333. The largest absolute Gasteiger partial charge is 0.309 e. The molecule has 0 amide bonds. The second-order valence-electron chi connectivity index (χ2n) is 3.74. The zero-order valence-corrected chi connectivity index (χ0v) is 11.3. The van der Waals surface area contributed by atoms with Crippen LogP contribution in [-0.2, 0) is 0 Å². The van der Waals surface area contributed by atoms with Crippen LogP contribution in [0.3, 0.4) is 0 Å². The van der Waals surface area contributed by atoms with Crippen LogP contribution in [0.4, 0.5) is 5.69 Å². The summed E-state index contributed by atoms with van der Waals surface area (Å²) in [5, 5.41) is 0.560. The molecule has 0 N–H and O–H groups in total. The third kappa shape index (κ3) is 2.58. The maximum atomic E-state index is 3.46. The molecule has 1 nitrogen and oxygen atoms in total. The van der Waals surface area contributed by atoms with Gasteiger partial charge in [-0.15, -0.1) is 0 Å². The molecule has 0 aliphatic carbocycles. The number of hydrogen-bond donors (Lipinski definition) is 0. The van der Waals surface area contributed by atoms with E-state index < -0.39 is 0 Å². The van der Waals surface area contributed by atoms with Crippen molar-refractivity contribution in [2.45, 2.75) is 25.1 Å². The van der Waals surface area contributed by atoms with Crippen LogP contribution in [0.15, 0.2) is 40.9 Å². The number of hydrogen-bond acceptors (Lipinski definition) is 2. The first kappa shape index (κ1) is 11.1. The van der Waals surface area contributed by atoms with Crippen LogP contribution < -0.4 is 4.31 Å². The van der Waals surface area contributed by atoms with E-state index in [9.17, 15) is 0 Å². The molecule has 1 aromatic rings. The lowest BCUT2D eigenvalue weighted by Crippen LogP contribution is -2.29. The Hall–Kier alpha value is -0.410. The van der Waals surface area contributed by atoms with E-state index >= 15 is 0 Å². The van der Waals surface area contributed by atoms with Crippen molar-refractivity contribution in [1.29, 1.82) is 0 Å². The molecule has 0 fully saturated rings. The zero-order valence-electron chi connectivity index (χ0n) is 8.85. The Kier molecular flexibility index (Phi) is 3.42. The van der Waals surface area contributed by atoms with Crippen LogP contribution in [0.5, 0.6) is 0 Å². The molecule has 1 heterocycles. The van der Waals surface area contributed by atoms with Gasteiger partial charge in [-0.2, -0.15) is 0 Å². The number of anilines is 1. The Labute approximate surface area is 104 Å². The predicted molar refractivity (Wildman–Crippen MR) is 72.3 cm³/mol. The summed E-state index contributed by atoms with van der Waals surface area (Å²) in [7, 11) is 0. The van der Waals surface area contributed by atoms with Gasteiger partial charge in [0, 0.05) is 15.4 Å². The average Bonchev–Trinajstić information content (AvgIpc) is 2.23. The number of nitrogens with zero attached hydrogens (tertiary/aromatic N) is 1. The summed E-state index contributed by atoms with van der Waals surface area (Å²) < 4.78 is 3.49. The van der Waals surface area contributed by atoms with Crippen molar-refractivity contribution in [2.75, 3.05) is 4.31 Å². The van der Waals surface area contributed by atoms with Crippen LogP contribution >= 0.6 is 27.9 Å². The third-order valence-electron chi connectivity index (χ3n) is 2.39. The van der Waals surface area contributed by atoms with Crippen molar-refractivity contribution in [3.05, 3.63) is 40.9 Å². The minimum Gasteiger partial charge on any atom is -0.309 e. The molecule has 3 heteroatoms. The van der Waals surface area contributed by atoms with Gasteiger partial charge in [0.15, 0.2) is 0 Å². The van der Waals surface area contributed by atoms with Crippen molar-refractivity contribution in [3.8, 4) is 0 Å². The van der Waals surface area contributed by atoms with Crippen molar-refractivity contribution in [2.24, 2.45) is 0 Å². The normalized spacial score (nSPS) is 25.7. The Morgan fingerprint density at radius 2 is 1.80 bits per heavy atom. The lowest BCUT2D eigenvalue weighted by Gasteiger charge is -2.33. The fourth-order valence-corrected chi connectivity index (χ4v) is 2.88. The van der Waals surface area contributed by atoms with E-state index in [-0.39, 0.29) is 0 Å². The van der Waals surface area contributed by atoms with Gasteiger partial charge in [0.05, 0.1) is 6.04 Å². The van der Waals surface area contributed by atoms with E-state index in [2.05, 4.69) is 70.5 Å². The molecule has 0 saturated carbocycles. The van der Waals surface area contributed by atoms with E-state index in [1.54, 1.807) is 0 Å². The molecule has 2 rings (SSSR count). The highest BCUT2D eigenvalue weighted by Gasteiger charge is 2.19. The summed E-state index contributed by atoms with van der Waals surface area (Å²) in [6.45, 7) is 4.44. The summed E-state index contributed by atoms with van der Waals surface area (Å²) >= 11 is 5.34. The molecule has 0 spiro atoms. The number of halogens is 1. The minimum atomic E-state index is 0.465. The van der Waals surface area contributed by atoms with E-state index in [0.29, 0.717) is 11.3 Å². The standard InChI is InChI=1S/C12H14BrNS/c1-9-3-4-10(2)15-14(9)12-7-5-11(13)6-8-12/h3-10H,1-2H3/t9-,10-/m0/s1. The van der Waals surface area contributed by atoms with Gasteiger partial charge in [-0.25, -0.2) is 0 Å². The quantitative estimate of drug-likeness (QED) is 0.560. The van der Waals surface area contributed by atoms with Gasteiger partial charge in [0.1, 0.15) is 0 Å². The van der Waals surface area contributed by atoms with Crippen molar-refractivity contribution in [1.82, 2.24) is 0 Å². The van der Waals surface area contributed by atoms with Gasteiger partial charge in [0.25, 0.3) is 0 Å². The van der Waals surface area contributed by atoms with E-state index in [4.69, 9.17) is 0 Å². The summed E-state index contributed by atoms with van der Waals surface area (Å²) in [6.07, 6.45) is 4.54. The van der Waals surface area contributed by atoms with Crippen molar-refractivity contribution in [3.63, 3.8) is 0 Å². The SMILES string of the molecule is C[C@H]1C=C[C@H](C)N(c2ccc(Br)cc2)S1. The first-order valence-electron chi connectivity index (χ1n) is 5.07. The lowest BCUT2D eigenvalue weighted by atomic mass is 10.2. The third-order valence-corrected chi connectivity index (χ3v) is 4.18. The maximum Gasteiger partial charge on any atom is 0.0558 e. The second-order valence-corrected chi connectivity index (χ2v) is 6.00. The molecule has 0 aromatic heterocycles. The average molecular weight is 284 g/mol. The van der Waals surface area contributed by atoms with Gasteiger partial charge >= 0.3 is 0 Å². The van der Waals surface area contributed by atoms with E-state index in [1.165, 1.54) is 5.69 Å². The van der Waals surface area contributed by atoms with E-state index in [1.807, 2.05) is 11.9 Å². The van der Waals surface area contributed by atoms with Gasteiger partial charge in [-0.3, -0.25) is 0 Å². The van der Waals surface area contributed by atoms with Crippen LogP contribution in [0, 0.1) is 0 Å². The summed E-state index contributed by atoms with van der Waals surface area (Å²) in [5.41, 5.74) is 1.27.